The van der Waals surface area contributed by atoms with Crippen LogP contribution in [0.4, 0.5) is 0 Å². The minimum Gasteiger partial charge on any atom is -0.389 e. The maximum Gasteiger partial charge on any atom is 0.237 e. The summed E-state index contributed by atoms with van der Waals surface area (Å²) in [7, 11) is 1.70. The number of nitrogens with zero attached hydrogens (tertiary/aromatic N) is 1. The van der Waals surface area contributed by atoms with Gasteiger partial charge in [0, 0.05) is 19.2 Å². The molecule has 1 saturated heterocycles. The molecule has 1 aromatic rings. The van der Waals surface area contributed by atoms with Gasteiger partial charge in [0.2, 0.25) is 5.91 Å². The van der Waals surface area contributed by atoms with Crippen LogP contribution in [0.15, 0.2) is 24.3 Å². The lowest BCUT2D eigenvalue weighted by Crippen LogP contribution is -2.48. The molecule has 1 unspecified atom stereocenters. The number of rotatable bonds is 4. The number of amides is 1. The molecule has 1 atom stereocenters. The van der Waals surface area contributed by atoms with Gasteiger partial charge in [0.05, 0.1) is 6.04 Å². The molecule has 1 amide bonds. The van der Waals surface area contributed by atoms with E-state index in [2.05, 4.69) is 10.2 Å². The van der Waals surface area contributed by atoms with Gasteiger partial charge in [-0.05, 0) is 24.9 Å². The second-order valence-electron chi connectivity index (χ2n) is 5.16. The van der Waals surface area contributed by atoms with E-state index in [0.717, 1.165) is 37.9 Å². The zero-order valence-electron chi connectivity index (χ0n) is 11.8. The van der Waals surface area contributed by atoms with Crippen LogP contribution in [-0.4, -0.2) is 35.4 Å². The molecule has 0 aromatic heterocycles. The molecular weight excluding hydrogens is 270 g/mol. The quantitative estimate of drug-likeness (QED) is 0.824. The van der Waals surface area contributed by atoms with E-state index in [0.29, 0.717) is 4.99 Å². The maximum absolute atomic E-state index is 11.9. The third-order valence-corrected chi connectivity index (χ3v) is 4.02. The largest absolute Gasteiger partial charge is 0.389 e. The molecule has 1 heterocycles. The topological polar surface area (TPSA) is 58.4 Å². The molecule has 1 aliphatic heterocycles. The lowest BCUT2D eigenvalue weighted by molar-refractivity contribution is -0.127. The summed E-state index contributed by atoms with van der Waals surface area (Å²) in [4.78, 5) is 14.6. The number of nitrogens with one attached hydrogen (secondary N) is 1. The van der Waals surface area contributed by atoms with Gasteiger partial charge in [-0.2, -0.15) is 0 Å². The molecule has 108 valence electrons. The predicted molar refractivity (Wildman–Crippen MR) is 84.4 cm³/mol. The Morgan fingerprint density at radius 2 is 2.10 bits per heavy atom. The van der Waals surface area contributed by atoms with E-state index in [1.54, 1.807) is 7.05 Å². The number of carbonyl (C=O) groups is 1. The van der Waals surface area contributed by atoms with E-state index in [4.69, 9.17) is 18.0 Å². The highest BCUT2D eigenvalue weighted by Crippen LogP contribution is 2.20. The van der Waals surface area contributed by atoms with Crippen molar-refractivity contribution in [2.45, 2.75) is 31.8 Å². The van der Waals surface area contributed by atoms with Crippen molar-refractivity contribution in [3.8, 4) is 0 Å². The van der Waals surface area contributed by atoms with Crippen molar-refractivity contribution in [3.63, 3.8) is 0 Å². The predicted octanol–water partition coefficient (Wildman–Crippen LogP) is 1.42. The Bertz CT molecular complexity index is 486. The summed E-state index contributed by atoms with van der Waals surface area (Å²) in [6, 6.07) is 7.94. The second kappa shape index (κ2) is 6.81. The highest BCUT2D eigenvalue weighted by atomic mass is 32.1. The second-order valence-corrected chi connectivity index (χ2v) is 5.60. The van der Waals surface area contributed by atoms with Crippen LogP contribution in [0.25, 0.3) is 0 Å². The van der Waals surface area contributed by atoms with Crippen LogP contribution in [0.2, 0.25) is 0 Å². The number of hydrogen-bond acceptors (Lipinski definition) is 3. The first kappa shape index (κ1) is 14.9. The number of likely N-dealkylation sites (tertiary alicyclic amines) is 1. The van der Waals surface area contributed by atoms with Gasteiger partial charge in [-0.1, -0.05) is 42.9 Å². The molecule has 5 heteroatoms. The van der Waals surface area contributed by atoms with Crippen molar-refractivity contribution in [2.24, 2.45) is 5.73 Å². The van der Waals surface area contributed by atoms with Gasteiger partial charge in [0.25, 0.3) is 0 Å². The van der Waals surface area contributed by atoms with Crippen molar-refractivity contribution >= 4 is 23.1 Å². The Morgan fingerprint density at radius 1 is 1.40 bits per heavy atom. The number of hydrogen-bond donors (Lipinski definition) is 2. The van der Waals surface area contributed by atoms with Gasteiger partial charge in [-0.25, -0.2) is 0 Å². The van der Waals surface area contributed by atoms with Crippen molar-refractivity contribution in [2.75, 3.05) is 13.6 Å². The van der Waals surface area contributed by atoms with Crippen molar-refractivity contribution in [3.05, 3.63) is 35.4 Å². The molecule has 0 aliphatic carbocycles. The summed E-state index contributed by atoms with van der Waals surface area (Å²) in [5.74, 6) is 0.115. The standard InChI is InChI=1S/C15H21N3OS/c1-17-15(19)13-4-2-3-9-18(13)10-11-5-7-12(8-6-11)14(16)20/h5-8,13H,2-4,9-10H2,1H3,(H2,16,20)(H,17,19). The zero-order chi connectivity index (χ0) is 14.5. The molecule has 1 aromatic carbocycles. The van der Waals surface area contributed by atoms with Crippen LogP contribution in [0, 0.1) is 0 Å². The van der Waals surface area contributed by atoms with Crippen LogP contribution in [0.3, 0.4) is 0 Å². The summed E-state index contributed by atoms with van der Waals surface area (Å²) < 4.78 is 0. The van der Waals surface area contributed by atoms with Gasteiger partial charge in [-0.15, -0.1) is 0 Å². The van der Waals surface area contributed by atoms with E-state index in [1.165, 1.54) is 5.56 Å². The summed E-state index contributed by atoms with van der Waals surface area (Å²) in [5.41, 5.74) is 7.66. The highest BCUT2D eigenvalue weighted by Gasteiger charge is 2.27. The highest BCUT2D eigenvalue weighted by molar-refractivity contribution is 7.80. The minimum atomic E-state index is -0.0102. The SMILES string of the molecule is CNC(=O)C1CCCCN1Cc1ccc(C(N)=S)cc1. The van der Waals surface area contributed by atoms with Gasteiger partial charge in [0.15, 0.2) is 0 Å². The van der Waals surface area contributed by atoms with Gasteiger partial charge < -0.3 is 11.1 Å². The van der Waals surface area contributed by atoms with E-state index in [-0.39, 0.29) is 11.9 Å². The molecule has 0 bridgehead atoms. The number of nitrogens with two attached hydrogens (primary N) is 1. The first-order valence-electron chi connectivity index (χ1n) is 6.96. The average molecular weight is 291 g/mol. The summed E-state index contributed by atoms with van der Waals surface area (Å²) >= 11 is 4.95. The Labute approximate surface area is 125 Å². The Morgan fingerprint density at radius 3 is 2.70 bits per heavy atom. The molecular formula is C15H21N3OS. The van der Waals surface area contributed by atoms with Crippen LogP contribution < -0.4 is 11.1 Å². The fraction of sp³-hybridized carbons (Fsp3) is 0.467. The van der Waals surface area contributed by atoms with Crippen LogP contribution >= 0.6 is 12.2 Å². The Balaban J connectivity index is 2.06. The minimum absolute atomic E-state index is 0.0102. The lowest BCUT2D eigenvalue weighted by Gasteiger charge is -2.34. The van der Waals surface area contributed by atoms with E-state index in [1.807, 2.05) is 24.3 Å². The number of benzene rings is 1. The number of piperidine rings is 1. The zero-order valence-corrected chi connectivity index (χ0v) is 12.6. The van der Waals surface area contributed by atoms with Crippen LogP contribution in [0.5, 0.6) is 0 Å². The fourth-order valence-electron chi connectivity index (χ4n) is 2.65. The molecule has 1 aliphatic rings. The molecule has 0 spiro atoms. The monoisotopic (exact) mass is 291 g/mol. The summed E-state index contributed by atoms with van der Waals surface area (Å²) in [6.07, 6.45) is 3.21. The van der Waals surface area contributed by atoms with Gasteiger partial charge in [-0.3, -0.25) is 9.69 Å². The third kappa shape index (κ3) is 3.55. The van der Waals surface area contributed by atoms with Gasteiger partial charge >= 0.3 is 0 Å². The number of likely N-dealkylation sites (N-methyl/N-ethyl adjacent to an activating group) is 1. The molecule has 20 heavy (non-hydrogen) atoms. The number of carbonyl (C=O) groups excluding carboxylic acids is 1. The molecule has 2 rings (SSSR count). The number of thiocarbonyl (C=S) groups is 1. The molecule has 4 nitrogen and oxygen atoms in total. The first-order valence-corrected chi connectivity index (χ1v) is 7.37. The first-order chi connectivity index (χ1) is 9.61. The van der Waals surface area contributed by atoms with Crippen molar-refractivity contribution in [1.82, 2.24) is 10.2 Å². The van der Waals surface area contributed by atoms with E-state index >= 15 is 0 Å². The molecule has 0 saturated carbocycles. The van der Waals surface area contributed by atoms with Gasteiger partial charge in [0.1, 0.15) is 4.99 Å². The summed E-state index contributed by atoms with van der Waals surface area (Å²) in [5, 5.41) is 2.76. The van der Waals surface area contributed by atoms with Crippen molar-refractivity contribution in [1.29, 1.82) is 0 Å². The van der Waals surface area contributed by atoms with Crippen LogP contribution in [-0.2, 0) is 11.3 Å². The normalized spacial score (nSPS) is 19.6. The molecule has 3 N–H and O–H groups in total. The summed E-state index contributed by atoms with van der Waals surface area (Å²) in [6.45, 7) is 1.75. The van der Waals surface area contributed by atoms with E-state index in [9.17, 15) is 4.79 Å². The lowest BCUT2D eigenvalue weighted by atomic mass is 10.00. The van der Waals surface area contributed by atoms with E-state index < -0.39 is 0 Å². The molecule has 1 fully saturated rings. The Hall–Kier alpha value is -1.46. The smallest absolute Gasteiger partial charge is 0.237 e. The fourth-order valence-corrected chi connectivity index (χ4v) is 2.79. The maximum atomic E-state index is 11.9. The third-order valence-electron chi connectivity index (χ3n) is 3.79. The Kier molecular flexibility index (Phi) is 5.09. The van der Waals surface area contributed by atoms with Crippen molar-refractivity contribution < 1.29 is 4.79 Å². The molecule has 0 radical (unpaired) electrons. The van der Waals surface area contributed by atoms with Crippen LogP contribution in [0.1, 0.15) is 30.4 Å². The average Bonchev–Trinajstić information content (AvgIpc) is 2.47.